The van der Waals surface area contributed by atoms with Gasteiger partial charge in [0.25, 0.3) is 0 Å². The number of nitrogens with zero attached hydrogens (tertiary/aromatic N) is 2. The van der Waals surface area contributed by atoms with Gasteiger partial charge in [-0.25, -0.2) is 0 Å². The van der Waals surface area contributed by atoms with Crippen LogP contribution in [0, 0.1) is 11.3 Å². The number of aliphatic hydroxyl groups is 1. The van der Waals surface area contributed by atoms with Crippen LogP contribution in [0.5, 0.6) is 0 Å². The number of nitrogen functional groups attached to an aromatic ring is 1. The van der Waals surface area contributed by atoms with E-state index >= 15 is 0 Å². The largest absolute Gasteiger partial charge is 0.396 e. The highest BCUT2D eigenvalue weighted by Crippen LogP contribution is 2.27. The van der Waals surface area contributed by atoms with Crippen molar-refractivity contribution in [1.29, 1.82) is 5.41 Å². The third-order valence-corrected chi connectivity index (χ3v) is 3.21. The molecular weight excluding hydrogens is 216 g/mol. The zero-order valence-corrected chi connectivity index (χ0v) is 9.76. The molecule has 0 bridgehead atoms. The molecule has 1 atom stereocenters. The summed E-state index contributed by atoms with van der Waals surface area (Å²) in [6.45, 7) is 2.09. The second-order valence-corrected chi connectivity index (χ2v) is 4.40. The first-order valence-corrected chi connectivity index (χ1v) is 5.87. The van der Waals surface area contributed by atoms with Crippen LogP contribution in [0.15, 0.2) is 18.3 Å². The topological polar surface area (TPSA) is 86.2 Å². The maximum absolute atomic E-state index is 8.94. The van der Waals surface area contributed by atoms with Crippen LogP contribution in [0.25, 0.3) is 0 Å². The van der Waals surface area contributed by atoms with Gasteiger partial charge >= 0.3 is 0 Å². The van der Waals surface area contributed by atoms with Crippen LogP contribution in [0.2, 0.25) is 0 Å². The lowest BCUT2D eigenvalue weighted by molar-refractivity contribution is 0.263. The number of amidine groups is 1. The van der Waals surface area contributed by atoms with Crippen LogP contribution in [0.1, 0.15) is 18.5 Å². The molecule has 0 amide bonds. The molecule has 1 aromatic rings. The van der Waals surface area contributed by atoms with E-state index in [0.717, 1.165) is 31.6 Å². The molecule has 0 spiro atoms. The monoisotopic (exact) mass is 234 g/mol. The summed E-state index contributed by atoms with van der Waals surface area (Å²) in [6, 6.07) is 3.81. The lowest BCUT2D eigenvalue weighted by atomic mass is 10.1. The number of nitrogens with one attached hydrogen (secondary N) is 1. The lowest BCUT2D eigenvalue weighted by Gasteiger charge is -2.20. The van der Waals surface area contributed by atoms with Crippen molar-refractivity contribution in [2.75, 3.05) is 24.6 Å². The molecule has 5 nitrogen and oxygen atoms in total. The SMILES string of the molecule is N=C(N)c1ncccc1N1CCC(CCO)C1. The molecule has 1 aromatic heterocycles. The third kappa shape index (κ3) is 2.55. The minimum atomic E-state index is 0.00575. The van der Waals surface area contributed by atoms with Gasteiger partial charge in [-0.15, -0.1) is 0 Å². The highest BCUT2D eigenvalue weighted by molar-refractivity contribution is 5.98. The Hall–Kier alpha value is -1.62. The highest BCUT2D eigenvalue weighted by atomic mass is 16.3. The summed E-state index contributed by atoms with van der Waals surface area (Å²) in [6.07, 6.45) is 3.57. The van der Waals surface area contributed by atoms with Crippen LogP contribution in [-0.4, -0.2) is 35.6 Å². The van der Waals surface area contributed by atoms with E-state index in [1.54, 1.807) is 6.20 Å². The number of hydrogen-bond donors (Lipinski definition) is 3. The van der Waals surface area contributed by atoms with Gasteiger partial charge in [0.05, 0.1) is 5.69 Å². The molecule has 0 radical (unpaired) electrons. The van der Waals surface area contributed by atoms with Gasteiger partial charge < -0.3 is 15.7 Å². The molecule has 1 saturated heterocycles. The van der Waals surface area contributed by atoms with Crippen molar-refractivity contribution in [3.63, 3.8) is 0 Å². The summed E-state index contributed by atoms with van der Waals surface area (Å²) in [7, 11) is 0. The van der Waals surface area contributed by atoms with Gasteiger partial charge in [-0.2, -0.15) is 0 Å². The Balaban J connectivity index is 2.16. The second kappa shape index (κ2) is 5.14. The van der Waals surface area contributed by atoms with Gasteiger partial charge in [-0.3, -0.25) is 10.4 Å². The van der Waals surface area contributed by atoms with Gasteiger partial charge in [0, 0.05) is 25.9 Å². The molecule has 0 saturated carbocycles. The van der Waals surface area contributed by atoms with E-state index in [-0.39, 0.29) is 12.4 Å². The first-order chi connectivity index (χ1) is 8.22. The van der Waals surface area contributed by atoms with Crippen molar-refractivity contribution in [3.8, 4) is 0 Å². The molecule has 17 heavy (non-hydrogen) atoms. The molecule has 1 fully saturated rings. The van der Waals surface area contributed by atoms with E-state index < -0.39 is 0 Å². The smallest absolute Gasteiger partial charge is 0.143 e. The normalized spacial score (nSPS) is 19.6. The molecule has 1 aliphatic rings. The third-order valence-electron chi connectivity index (χ3n) is 3.21. The summed E-state index contributed by atoms with van der Waals surface area (Å²) in [4.78, 5) is 6.35. The maximum atomic E-state index is 8.94. The van der Waals surface area contributed by atoms with Gasteiger partial charge in [-0.05, 0) is 30.9 Å². The average Bonchev–Trinajstić information content (AvgIpc) is 2.78. The number of aromatic nitrogens is 1. The molecule has 0 aromatic carbocycles. The van der Waals surface area contributed by atoms with Crippen molar-refractivity contribution >= 4 is 11.5 Å². The standard InChI is InChI=1S/C12H18N4O/c13-12(14)11-10(2-1-5-15-11)16-6-3-9(8-16)4-7-17/h1-2,5,9,17H,3-4,6-8H2,(H3,13,14). The number of aliphatic hydroxyl groups excluding tert-OH is 1. The molecule has 1 unspecified atom stereocenters. The number of anilines is 1. The lowest BCUT2D eigenvalue weighted by Crippen LogP contribution is -2.25. The zero-order chi connectivity index (χ0) is 12.3. The Labute approximate surface area is 101 Å². The first kappa shape index (κ1) is 11.9. The Morgan fingerprint density at radius 1 is 1.65 bits per heavy atom. The van der Waals surface area contributed by atoms with E-state index in [9.17, 15) is 0 Å². The second-order valence-electron chi connectivity index (χ2n) is 4.40. The molecular formula is C12H18N4O. The minimum Gasteiger partial charge on any atom is -0.396 e. The highest BCUT2D eigenvalue weighted by Gasteiger charge is 2.24. The van der Waals surface area contributed by atoms with Crippen molar-refractivity contribution < 1.29 is 5.11 Å². The van der Waals surface area contributed by atoms with Crippen LogP contribution >= 0.6 is 0 Å². The fourth-order valence-corrected chi connectivity index (χ4v) is 2.33. The summed E-state index contributed by atoms with van der Waals surface area (Å²) >= 11 is 0. The van der Waals surface area contributed by atoms with Crippen molar-refractivity contribution in [2.45, 2.75) is 12.8 Å². The number of rotatable bonds is 4. The molecule has 1 aliphatic heterocycles. The van der Waals surface area contributed by atoms with Crippen molar-refractivity contribution in [1.82, 2.24) is 4.98 Å². The molecule has 4 N–H and O–H groups in total. The van der Waals surface area contributed by atoms with Gasteiger partial charge in [0.2, 0.25) is 0 Å². The van der Waals surface area contributed by atoms with E-state index in [1.165, 1.54) is 0 Å². The molecule has 92 valence electrons. The molecule has 5 heteroatoms. The minimum absolute atomic E-state index is 0.00575. The van der Waals surface area contributed by atoms with Gasteiger partial charge in [-0.1, -0.05) is 0 Å². The van der Waals surface area contributed by atoms with E-state index in [1.807, 2.05) is 12.1 Å². The zero-order valence-electron chi connectivity index (χ0n) is 9.76. The van der Waals surface area contributed by atoms with Crippen molar-refractivity contribution in [2.24, 2.45) is 11.7 Å². The summed E-state index contributed by atoms with van der Waals surface area (Å²) in [5.74, 6) is 0.534. The summed E-state index contributed by atoms with van der Waals surface area (Å²) in [5, 5.41) is 16.5. The van der Waals surface area contributed by atoms with E-state index in [2.05, 4.69) is 9.88 Å². The predicted molar refractivity (Wildman–Crippen MR) is 67.3 cm³/mol. The Bertz CT molecular complexity index is 407. The van der Waals surface area contributed by atoms with Gasteiger partial charge in [0.1, 0.15) is 11.5 Å². The number of nitrogens with two attached hydrogens (primary N) is 1. The molecule has 2 heterocycles. The molecule has 0 aliphatic carbocycles. The Morgan fingerprint density at radius 3 is 3.18 bits per heavy atom. The quantitative estimate of drug-likeness (QED) is 0.525. The Kier molecular flexibility index (Phi) is 3.58. The number of pyridine rings is 1. The fraction of sp³-hybridized carbons (Fsp3) is 0.500. The summed E-state index contributed by atoms with van der Waals surface area (Å²) < 4.78 is 0. The molecule has 2 rings (SSSR count). The van der Waals surface area contributed by atoms with Crippen LogP contribution < -0.4 is 10.6 Å². The fourth-order valence-electron chi connectivity index (χ4n) is 2.33. The van der Waals surface area contributed by atoms with Crippen molar-refractivity contribution in [3.05, 3.63) is 24.0 Å². The van der Waals surface area contributed by atoms with Crippen LogP contribution in [0.4, 0.5) is 5.69 Å². The first-order valence-electron chi connectivity index (χ1n) is 5.87. The number of hydrogen-bond acceptors (Lipinski definition) is 4. The Morgan fingerprint density at radius 2 is 2.47 bits per heavy atom. The predicted octanol–water partition coefficient (Wildman–Crippen LogP) is 0.574. The van der Waals surface area contributed by atoms with Gasteiger partial charge in [0.15, 0.2) is 0 Å². The summed E-state index contributed by atoms with van der Waals surface area (Å²) in [5.41, 5.74) is 7.01. The van der Waals surface area contributed by atoms with E-state index in [4.69, 9.17) is 16.2 Å². The average molecular weight is 234 g/mol. The van der Waals surface area contributed by atoms with Crippen LogP contribution in [0.3, 0.4) is 0 Å². The van der Waals surface area contributed by atoms with Crippen LogP contribution in [-0.2, 0) is 0 Å². The maximum Gasteiger partial charge on any atom is 0.143 e. The van der Waals surface area contributed by atoms with E-state index in [0.29, 0.717) is 11.6 Å².